The van der Waals surface area contributed by atoms with Gasteiger partial charge in [-0.15, -0.1) is 0 Å². The standard InChI is InChI=1S/C116H96N4O8/c1-57(2)85-21-17-22-86(58(3)4)105(85)117-109(121)93-49-73-41-81-45-77(53-97(101(81)93)113(117)125)78-46-82-42-74(50-94-102(82)98(54-78)114(126)118(110(94)122)106-87(59(5)6)23-18-24-88(106)60(7)8)69-35-31-66-32-36-70(40-72(66)39-69)76-44-84-48-80(56-100-104(84)96(52-76)112(124)120(116(100)128)108-91(63(13)14)27-20-28-92(108)64(15)16)79-47-83-43-75(68-34-30-65-29-33-67(73)37-71(65)38-68)51-95-103(83)99(55-79)115(127)119(111(95)123)107-89(61(9)10)25-19-26-90(107)62(11)12/h17-64H,1-16H3. The van der Waals surface area contributed by atoms with Crippen LogP contribution in [-0.2, 0) is 0 Å². The van der Waals surface area contributed by atoms with Crippen LogP contribution >= 0.6 is 0 Å². The van der Waals surface area contributed by atoms with E-state index < -0.39 is 47.3 Å². The zero-order chi connectivity index (χ0) is 89.2. The van der Waals surface area contributed by atoms with E-state index in [-0.39, 0.29) is 47.3 Å². The van der Waals surface area contributed by atoms with Gasteiger partial charge in [0.2, 0.25) is 0 Å². The van der Waals surface area contributed by atoms with Gasteiger partial charge in [-0.05, 0) is 321 Å². The van der Waals surface area contributed by atoms with Crippen LogP contribution in [0.1, 0.15) is 285 Å². The molecule has 128 heavy (non-hydrogen) atoms. The highest BCUT2D eigenvalue weighted by Crippen LogP contribution is 2.50. The van der Waals surface area contributed by atoms with Crippen molar-refractivity contribution in [3.63, 3.8) is 0 Å². The molecular weight excluding hydrogens is 1580 g/mol. The Hall–Kier alpha value is -14.4. The van der Waals surface area contributed by atoms with Gasteiger partial charge in [-0.1, -0.05) is 232 Å². The Labute approximate surface area is 742 Å². The molecule has 0 spiro atoms. The van der Waals surface area contributed by atoms with Gasteiger partial charge in [0.1, 0.15) is 0 Å². The Kier molecular flexibility index (Phi) is 18.7. The van der Waals surface area contributed by atoms with Gasteiger partial charge in [0.15, 0.2) is 0 Å². The number of benzene rings is 16. The zero-order valence-electron chi connectivity index (χ0n) is 74.8. The zero-order valence-corrected chi connectivity index (χ0v) is 74.8. The van der Waals surface area contributed by atoms with E-state index in [1.165, 1.54) is 19.6 Å². The van der Waals surface area contributed by atoms with Crippen molar-refractivity contribution in [3.8, 4) is 0 Å². The van der Waals surface area contributed by atoms with Crippen LogP contribution < -0.4 is 19.6 Å². The summed E-state index contributed by atoms with van der Waals surface area (Å²) in [6.07, 6.45) is 0. The van der Waals surface area contributed by atoms with Crippen molar-refractivity contribution >= 4 is 199 Å². The lowest BCUT2D eigenvalue weighted by Crippen LogP contribution is -2.42. The van der Waals surface area contributed by atoms with Crippen molar-refractivity contribution in [2.24, 2.45) is 0 Å². The quantitative estimate of drug-likeness (QED) is 0.110. The van der Waals surface area contributed by atoms with Gasteiger partial charge in [0, 0.05) is 66.1 Å². The minimum absolute atomic E-state index is 0.0853. The van der Waals surface area contributed by atoms with Crippen LogP contribution in [0.15, 0.2) is 243 Å². The summed E-state index contributed by atoms with van der Waals surface area (Å²) < 4.78 is 0. The van der Waals surface area contributed by atoms with Gasteiger partial charge < -0.3 is 0 Å². The highest BCUT2D eigenvalue weighted by molar-refractivity contribution is 6.42. The number of amides is 8. The number of hydrogen-bond acceptors (Lipinski definition) is 8. The van der Waals surface area contributed by atoms with E-state index in [0.717, 1.165) is 87.6 Å². The Morgan fingerprint density at radius 1 is 0.148 bits per heavy atom. The monoisotopic (exact) mass is 1670 g/mol. The second-order valence-electron chi connectivity index (χ2n) is 38.3. The summed E-state index contributed by atoms with van der Waals surface area (Å²) in [5.41, 5.74) is 11.7. The first kappa shape index (κ1) is 80.7. The van der Waals surface area contributed by atoms with Gasteiger partial charge in [-0.3, -0.25) is 38.4 Å². The summed E-state index contributed by atoms with van der Waals surface area (Å²) in [7, 11) is 0. The topological polar surface area (TPSA) is 150 Å². The van der Waals surface area contributed by atoms with Gasteiger partial charge in [-0.2, -0.15) is 0 Å². The summed E-state index contributed by atoms with van der Waals surface area (Å²) in [6, 6.07) is 80.4. The number of hydrogen-bond donors (Lipinski definition) is 0. The number of fused-ring (bicyclic) bond motifs is 18. The molecule has 17 aromatic carbocycles. The molecule has 0 unspecified atom stereocenters. The highest BCUT2D eigenvalue weighted by atomic mass is 16.2. The lowest BCUT2D eigenvalue weighted by Gasteiger charge is -2.33. The molecule has 17 aromatic rings. The van der Waals surface area contributed by atoms with Crippen molar-refractivity contribution in [1.29, 1.82) is 0 Å². The smallest absolute Gasteiger partial charge is 0.266 e. The number of nitrogens with zero attached hydrogens (tertiary/aromatic N) is 4. The van der Waals surface area contributed by atoms with Crippen LogP contribution in [0, 0.1) is 0 Å². The number of carbonyl (C=O) groups is 8. The second-order valence-corrected chi connectivity index (χ2v) is 38.3. The molecule has 0 aromatic heterocycles. The molecule has 0 atom stereocenters. The Balaban J connectivity index is 0.914. The molecular formula is C116H96N4O8. The predicted molar refractivity (Wildman–Crippen MR) is 526 cm³/mol. The molecule has 0 aliphatic carbocycles. The number of imide groups is 4. The Morgan fingerprint density at radius 3 is 0.422 bits per heavy atom. The van der Waals surface area contributed by atoms with E-state index in [2.05, 4.69) is 184 Å². The molecule has 0 radical (unpaired) electrons. The fourth-order valence-electron chi connectivity index (χ4n) is 21.2. The third kappa shape index (κ3) is 12.3. The Morgan fingerprint density at radius 2 is 0.273 bits per heavy atom. The second kappa shape index (κ2) is 29.6. The third-order valence-corrected chi connectivity index (χ3v) is 27.6. The fraction of sp³-hybridized carbons (Fsp3) is 0.207. The molecule has 0 saturated carbocycles. The first-order valence-electron chi connectivity index (χ1n) is 45.0. The number of rotatable bonds is 12. The largest absolute Gasteiger partial charge is 0.268 e. The number of para-hydroxylation sites is 4. The van der Waals surface area contributed by atoms with Crippen LogP contribution in [0.4, 0.5) is 22.7 Å². The molecule has 21 rings (SSSR count). The van der Waals surface area contributed by atoms with Crippen LogP contribution in [0.3, 0.4) is 0 Å². The van der Waals surface area contributed by atoms with E-state index >= 15 is 38.4 Å². The lowest BCUT2D eigenvalue weighted by molar-refractivity contribution is 0.0877. The summed E-state index contributed by atoms with van der Waals surface area (Å²) in [5, 5.41) is 16.4. The maximum Gasteiger partial charge on any atom is 0.266 e. The van der Waals surface area contributed by atoms with Crippen LogP contribution in [-0.4, -0.2) is 47.3 Å². The first-order chi connectivity index (χ1) is 61.4. The van der Waals surface area contributed by atoms with E-state index in [0.29, 0.717) is 153 Å². The highest BCUT2D eigenvalue weighted by Gasteiger charge is 2.44. The summed E-state index contributed by atoms with van der Waals surface area (Å²) >= 11 is 0. The van der Waals surface area contributed by atoms with Crippen molar-refractivity contribution in [1.82, 2.24) is 0 Å². The maximum atomic E-state index is 16.4. The normalized spacial score (nSPS) is 14.2. The molecule has 628 valence electrons. The third-order valence-electron chi connectivity index (χ3n) is 27.6. The van der Waals surface area contributed by atoms with Crippen molar-refractivity contribution in [2.45, 2.75) is 158 Å². The van der Waals surface area contributed by atoms with Gasteiger partial charge in [0.05, 0.1) is 22.7 Å². The molecule has 4 aliphatic rings. The molecule has 12 nitrogen and oxygen atoms in total. The van der Waals surface area contributed by atoms with Crippen molar-refractivity contribution in [3.05, 3.63) is 332 Å². The SMILES string of the molecule is CC(C)c1cccc(C(C)C)c1N1C(=O)c2cc3cc4cc(cc(c24)C1=O)c1cc2c4c(cc(cc4c1)c1ccc4ccc(cc4c1)c1cc4c5c(cc(cc5c1)c1cc5c6c(cc(cc6c1)c1ccc6ccc3cc6c1)C(=O)N(c1c(C(C)C)cccc1C(C)C)C5=O)C(=O)N(c1c(C(C)C)cccc1C(C)C)C4=O)C(=O)N(c1c(C(C)C)cccc1C(C)C)C2=O. The number of anilines is 4. The van der Waals surface area contributed by atoms with Gasteiger partial charge in [-0.25, -0.2) is 19.6 Å². The van der Waals surface area contributed by atoms with E-state index in [1.54, 1.807) is 0 Å². The lowest BCUT2D eigenvalue weighted by atomic mass is 9.86. The predicted octanol–water partition coefficient (Wildman–Crippen LogP) is 29.4. The minimum Gasteiger partial charge on any atom is -0.268 e. The minimum atomic E-state index is -0.478. The molecule has 12 heteroatoms. The van der Waals surface area contributed by atoms with Gasteiger partial charge >= 0.3 is 0 Å². The molecule has 0 saturated heterocycles. The molecule has 4 aliphatic heterocycles. The van der Waals surface area contributed by atoms with Gasteiger partial charge in [0.25, 0.3) is 47.3 Å². The molecule has 0 fully saturated rings. The Bertz CT molecular complexity index is 7130. The van der Waals surface area contributed by atoms with Crippen LogP contribution in [0.2, 0.25) is 0 Å². The summed E-state index contributed by atoms with van der Waals surface area (Å²) in [4.78, 5) is 136. The molecule has 8 amide bonds. The maximum absolute atomic E-state index is 16.4. The summed E-state index contributed by atoms with van der Waals surface area (Å²) in [6.45, 7) is 33.2. The number of carbonyl (C=O) groups excluding carboxylic acids is 8. The molecule has 0 N–H and O–H groups in total. The van der Waals surface area contributed by atoms with Crippen molar-refractivity contribution < 1.29 is 38.4 Å². The molecule has 18 bridgehead atoms. The summed E-state index contributed by atoms with van der Waals surface area (Å²) in [5.74, 6) is -4.42. The van der Waals surface area contributed by atoms with E-state index in [1.807, 2.05) is 170 Å². The van der Waals surface area contributed by atoms with E-state index in [9.17, 15) is 0 Å². The first-order valence-corrected chi connectivity index (χ1v) is 45.0. The molecule has 4 heterocycles. The average molecular weight is 1670 g/mol. The van der Waals surface area contributed by atoms with Crippen molar-refractivity contribution in [2.75, 3.05) is 19.6 Å². The fourth-order valence-corrected chi connectivity index (χ4v) is 21.2. The van der Waals surface area contributed by atoms with Crippen LogP contribution in [0.5, 0.6) is 0 Å². The average Bonchev–Trinajstić information content (AvgIpc) is 0.718. The van der Waals surface area contributed by atoms with E-state index in [4.69, 9.17) is 0 Å². The van der Waals surface area contributed by atoms with Crippen LogP contribution in [0.25, 0.3) is 129 Å².